The second-order valence-corrected chi connectivity index (χ2v) is 8.62. The van der Waals surface area contributed by atoms with Crippen molar-refractivity contribution in [2.24, 2.45) is 11.3 Å². The Labute approximate surface area is 153 Å². The summed E-state index contributed by atoms with van der Waals surface area (Å²) in [5.41, 5.74) is 0.390. The summed E-state index contributed by atoms with van der Waals surface area (Å²) in [6.07, 6.45) is 8.50. The lowest BCUT2D eigenvalue weighted by Crippen LogP contribution is -3.00. The summed E-state index contributed by atoms with van der Waals surface area (Å²) < 4.78 is 6.65. The van der Waals surface area contributed by atoms with Crippen LogP contribution in [0.15, 0.2) is 0 Å². The normalized spacial score (nSPS) is 28.5. The highest BCUT2D eigenvalue weighted by molar-refractivity contribution is 5.70. The van der Waals surface area contributed by atoms with Gasteiger partial charge in [-0.2, -0.15) is 0 Å². The minimum absolute atomic E-state index is 0. The van der Waals surface area contributed by atoms with Crippen LogP contribution in [0.5, 0.6) is 0 Å². The highest BCUT2D eigenvalue weighted by Crippen LogP contribution is 2.38. The molecule has 2 aliphatic rings. The van der Waals surface area contributed by atoms with Crippen LogP contribution in [0, 0.1) is 11.3 Å². The molecule has 0 N–H and O–H groups in total. The van der Waals surface area contributed by atoms with E-state index >= 15 is 0 Å². The number of nitrogens with zero attached hydrogens (tertiary/aromatic N) is 1. The van der Waals surface area contributed by atoms with Gasteiger partial charge in [-0.1, -0.05) is 20.8 Å². The van der Waals surface area contributed by atoms with Crippen molar-refractivity contribution in [1.29, 1.82) is 0 Å². The van der Waals surface area contributed by atoms with Gasteiger partial charge in [0.25, 0.3) is 0 Å². The van der Waals surface area contributed by atoms with E-state index in [-0.39, 0.29) is 36.0 Å². The summed E-state index contributed by atoms with van der Waals surface area (Å²) in [5, 5.41) is 0. The quantitative estimate of drug-likeness (QED) is 0.381. The van der Waals surface area contributed by atoms with E-state index in [2.05, 4.69) is 27.8 Å². The van der Waals surface area contributed by atoms with Gasteiger partial charge in [-0.05, 0) is 56.3 Å². The first-order valence-electron chi connectivity index (χ1n) is 8.82. The lowest BCUT2D eigenvalue weighted by atomic mass is 9.72. The Kier molecular flexibility index (Phi) is 7.64. The van der Waals surface area contributed by atoms with Crippen LogP contribution in [0.4, 0.5) is 0 Å². The number of likely N-dealkylation sites (tertiary alicyclic amines) is 1. The number of quaternary nitrogens is 1. The third-order valence-electron chi connectivity index (χ3n) is 5.60. The number of hydrogen-bond acceptors (Lipinski definition) is 2. The number of carbonyl (C=O) groups is 1. The van der Waals surface area contributed by atoms with Crippen molar-refractivity contribution < 1.29 is 38.0 Å². The molecule has 1 aliphatic heterocycles. The highest BCUT2D eigenvalue weighted by atomic mass is 127. The smallest absolute Gasteiger partial charge is 0.362 e. The number of ether oxygens (including phenoxy) is 1. The summed E-state index contributed by atoms with van der Waals surface area (Å²) >= 11 is 0. The largest absolute Gasteiger partial charge is 1.00 e. The van der Waals surface area contributed by atoms with Gasteiger partial charge in [-0.25, -0.2) is 4.79 Å². The maximum atomic E-state index is 12.2. The van der Waals surface area contributed by atoms with Gasteiger partial charge in [0.1, 0.15) is 6.10 Å². The Morgan fingerprint density at radius 2 is 1.59 bits per heavy atom. The molecule has 1 heterocycles. The van der Waals surface area contributed by atoms with Crippen molar-refractivity contribution in [3.8, 4) is 0 Å². The highest BCUT2D eigenvalue weighted by Gasteiger charge is 2.33. The Morgan fingerprint density at radius 1 is 1.05 bits per heavy atom. The topological polar surface area (TPSA) is 26.3 Å². The molecule has 0 amide bonds. The maximum absolute atomic E-state index is 12.2. The van der Waals surface area contributed by atoms with Gasteiger partial charge in [0.15, 0.2) is 6.54 Å². The van der Waals surface area contributed by atoms with Crippen molar-refractivity contribution in [2.75, 3.05) is 26.7 Å². The molecule has 0 aromatic rings. The lowest BCUT2D eigenvalue weighted by Gasteiger charge is -2.38. The van der Waals surface area contributed by atoms with E-state index in [0.717, 1.165) is 36.3 Å². The zero-order chi connectivity index (χ0) is 15.5. The number of rotatable bonds is 3. The van der Waals surface area contributed by atoms with Gasteiger partial charge in [0.05, 0.1) is 20.1 Å². The fraction of sp³-hybridized carbons (Fsp3) is 0.944. The van der Waals surface area contributed by atoms with Gasteiger partial charge in [0.2, 0.25) is 0 Å². The van der Waals surface area contributed by atoms with E-state index in [9.17, 15) is 4.79 Å². The third-order valence-corrected chi connectivity index (χ3v) is 5.60. The molecule has 1 aliphatic carbocycles. The minimum atomic E-state index is 0. The van der Waals surface area contributed by atoms with Crippen molar-refractivity contribution in [1.82, 2.24) is 0 Å². The molecule has 2 rings (SSSR count). The van der Waals surface area contributed by atoms with Crippen LogP contribution < -0.4 is 24.0 Å². The monoisotopic (exact) mass is 423 g/mol. The Balaban J connectivity index is 0.00000242. The fourth-order valence-electron chi connectivity index (χ4n) is 4.02. The molecule has 3 nitrogen and oxygen atoms in total. The molecule has 22 heavy (non-hydrogen) atoms. The van der Waals surface area contributed by atoms with Gasteiger partial charge in [0, 0.05) is 0 Å². The van der Waals surface area contributed by atoms with Crippen molar-refractivity contribution in [2.45, 2.75) is 71.8 Å². The van der Waals surface area contributed by atoms with E-state index in [1.807, 2.05) is 0 Å². The molecule has 0 aromatic carbocycles. The molecule has 0 spiro atoms. The average molecular weight is 423 g/mol. The Hall–Kier alpha value is 0.160. The second-order valence-electron chi connectivity index (χ2n) is 8.62. The van der Waals surface area contributed by atoms with E-state index in [0.29, 0.717) is 12.0 Å². The first kappa shape index (κ1) is 20.2. The molecule has 1 saturated carbocycles. The third kappa shape index (κ3) is 5.99. The van der Waals surface area contributed by atoms with Gasteiger partial charge in [-0.3, -0.25) is 0 Å². The summed E-state index contributed by atoms with van der Waals surface area (Å²) in [6, 6.07) is 0. The van der Waals surface area contributed by atoms with Crippen molar-refractivity contribution in [3.63, 3.8) is 0 Å². The summed E-state index contributed by atoms with van der Waals surface area (Å²) in [4.78, 5) is 12.2. The standard InChI is InChI=1S/C18H34NO2.HI/c1-18(2,3)15-8-10-16(11-9-15)21-17(20)14-19(4)12-6-5-7-13-19;/h15-16H,5-14H2,1-4H3;1H/q+1;/p-1. The summed E-state index contributed by atoms with van der Waals surface area (Å²) in [7, 11) is 2.21. The molecule has 0 bridgehead atoms. The molecule has 4 heteroatoms. The zero-order valence-electron chi connectivity index (χ0n) is 14.9. The SMILES string of the molecule is CC(C)(C)C1CCC(OC(=O)C[N+]2(C)CCCCC2)CC1.[I-]. The molecule has 1 saturated heterocycles. The van der Waals surface area contributed by atoms with Crippen LogP contribution in [0.1, 0.15) is 65.7 Å². The number of esters is 1. The molecular weight excluding hydrogens is 389 g/mol. The van der Waals surface area contributed by atoms with E-state index in [1.165, 1.54) is 32.1 Å². The van der Waals surface area contributed by atoms with E-state index < -0.39 is 0 Å². The number of carbonyl (C=O) groups excluding carboxylic acids is 1. The fourth-order valence-corrected chi connectivity index (χ4v) is 4.02. The molecule has 130 valence electrons. The van der Waals surface area contributed by atoms with Crippen LogP contribution in [0.25, 0.3) is 0 Å². The first-order chi connectivity index (χ1) is 9.78. The number of likely N-dealkylation sites (N-methyl/N-ethyl adjacent to an activating group) is 1. The first-order valence-corrected chi connectivity index (χ1v) is 8.82. The molecule has 0 unspecified atom stereocenters. The molecule has 0 radical (unpaired) electrons. The molecule has 0 aromatic heterocycles. The zero-order valence-corrected chi connectivity index (χ0v) is 17.0. The number of piperidine rings is 1. The summed E-state index contributed by atoms with van der Waals surface area (Å²) in [6.45, 7) is 9.80. The Bertz CT molecular complexity index is 351. The summed E-state index contributed by atoms with van der Waals surface area (Å²) in [5.74, 6) is 0.803. The minimum Gasteiger partial charge on any atom is -1.00 e. The van der Waals surface area contributed by atoms with Crippen LogP contribution in [-0.4, -0.2) is 43.2 Å². The van der Waals surface area contributed by atoms with Gasteiger partial charge >= 0.3 is 5.97 Å². The van der Waals surface area contributed by atoms with Gasteiger partial charge in [-0.15, -0.1) is 0 Å². The van der Waals surface area contributed by atoms with E-state index in [1.54, 1.807) is 0 Å². The predicted octanol–water partition coefficient (Wildman–Crippen LogP) is 0.769. The Morgan fingerprint density at radius 3 is 2.09 bits per heavy atom. The molecular formula is C18H34INO2. The number of hydrogen-bond donors (Lipinski definition) is 0. The second kappa shape index (κ2) is 8.32. The average Bonchev–Trinajstić information content (AvgIpc) is 2.38. The van der Waals surface area contributed by atoms with Crippen LogP contribution in [0.3, 0.4) is 0 Å². The number of halogens is 1. The van der Waals surface area contributed by atoms with E-state index in [4.69, 9.17) is 4.74 Å². The van der Waals surface area contributed by atoms with Gasteiger partial charge < -0.3 is 33.2 Å². The van der Waals surface area contributed by atoms with Crippen LogP contribution in [0.2, 0.25) is 0 Å². The molecule has 0 atom stereocenters. The maximum Gasteiger partial charge on any atom is 0.362 e. The van der Waals surface area contributed by atoms with Crippen molar-refractivity contribution in [3.05, 3.63) is 0 Å². The van der Waals surface area contributed by atoms with Crippen molar-refractivity contribution >= 4 is 5.97 Å². The predicted molar refractivity (Wildman–Crippen MR) is 85.9 cm³/mol. The van der Waals surface area contributed by atoms with Crippen LogP contribution >= 0.6 is 0 Å². The lowest BCUT2D eigenvalue weighted by molar-refractivity contribution is -0.907. The molecule has 2 fully saturated rings. The van der Waals surface area contributed by atoms with Crippen LogP contribution in [-0.2, 0) is 9.53 Å².